The number of carbonyl (C=O) groups excluding carboxylic acids is 1. The van der Waals surface area contributed by atoms with Crippen LogP contribution in [0.2, 0.25) is 0 Å². The van der Waals surface area contributed by atoms with E-state index in [9.17, 15) is 10.1 Å². The number of ether oxygens (including phenoxy) is 1. The highest BCUT2D eigenvalue weighted by Gasteiger charge is 2.21. The molecule has 0 bridgehead atoms. The summed E-state index contributed by atoms with van der Waals surface area (Å²) in [6.07, 6.45) is 4.24. The highest BCUT2D eigenvalue weighted by atomic mass is 32.2. The molecule has 29 heavy (non-hydrogen) atoms. The Balaban J connectivity index is 2.22. The minimum absolute atomic E-state index is 0.0676. The van der Waals surface area contributed by atoms with E-state index >= 15 is 0 Å². The average molecular weight is 426 g/mol. The third-order valence-corrected chi connectivity index (χ3v) is 6.72. The Labute approximate surface area is 182 Å². The fraction of sp³-hybridized carbons (Fsp3) is 0.333. The van der Waals surface area contributed by atoms with Crippen molar-refractivity contribution in [2.24, 2.45) is 5.92 Å². The third-order valence-electron chi connectivity index (χ3n) is 4.42. The molecule has 152 valence electrons. The molecule has 0 radical (unpaired) electrons. The Morgan fingerprint density at radius 1 is 1.00 bits per heavy atom. The minimum Gasteiger partial charge on any atom is -0.461 e. The number of thioether (sulfide) groups is 2. The zero-order valence-corrected chi connectivity index (χ0v) is 18.6. The van der Waals surface area contributed by atoms with Gasteiger partial charge in [0.1, 0.15) is 6.07 Å². The van der Waals surface area contributed by atoms with Crippen LogP contribution >= 0.6 is 23.5 Å². The van der Waals surface area contributed by atoms with Crippen LogP contribution < -0.4 is 0 Å². The van der Waals surface area contributed by atoms with Crippen molar-refractivity contribution in [3.05, 3.63) is 70.5 Å². The number of benzene rings is 2. The quantitative estimate of drug-likeness (QED) is 0.167. The first kappa shape index (κ1) is 23.1. The molecule has 0 aliphatic heterocycles. The van der Waals surface area contributed by atoms with E-state index in [2.05, 4.69) is 19.9 Å². The first-order valence-electron chi connectivity index (χ1n) is 9.95. The van der Waals surface area contributed by atoms with Crippen molar-refractivity contribution in [2.45, 2.75) is 49.3 Å². The molecule has 3 nitrogen and oxygen atoms in total. The molecule has 0 aliphatic rings. The Morgan fingerprint density at radius 2 is 1.55 bits per heavy atom. The van der Waals surface area contributed by atoms with Crippen molar-refractivity contribution in [1.29, 1.82) is 5.26 Å². The van der Waals surface area contributed by atoms with Gasteiger partial charge in [0.05, 0.1) is 10.8 Å². The zero-order valence-electron chi connectivity index (χ0n) is 17.0. The van der Waals surface area contributed by atoms with Gasteiger partial charge in [-0.25, -0.2) is 4.79 Å². The number of unbranched alkanes of at least 4 members (excludes halogenated alkanes) is 1. The molecule has 0 N–H and O–H groups in total. The van der Waals surface area contributed by atoms with E-state index in [0.29, 0.717) is 16.8 Å². The second-order valence-corrected chi connectivity index (χ2v) is 9.05. The smallest absolute Gasteiger partial charge is 0.350 e. The molecule has 0 spiro atoms. The van der Waals surface area contributed by atoms with E-state index in [0.717, 1.165) is 35.5 Å². The van der Waals surface area contributed by atoms with E-state index in [1.807, 2.05) is 60.7 Å². The van der Waals surface area contributed by atoms with E-state index in [1.165, 1.54) is 23.5 Å². The lowest BCUT2D eigenvalue weighted by Gasteiger charge is -2.15. The lowest BCUT2D eigenvalue weighted by atomic mass is 10.0. The van der Waals surface area contributed by atoms with Crippen LogP contribution in [-0.2, 0) is 9.53 Å². The maximum atomic E-state index is 12.8. The number of carbonyl (C=O) groups is 1. The molecule has 2 rings (SSSR count). The topological polar surface area (TPSA) is 50.1 Å². The van der Waals surface area contributed by atoms with Gasteiger partial charge in [0.15, 0.2) is 5.57 Å². The van der Waals surface area contributed by atoms with Gasteiger partial charge in [-0.3, -0.25) is 0 Å². The van der Waals surface area contributed by atoms with E-state index in [4.69, 9.17) is 4.74 Å². The van der Waals surface area contributed by atoms with Crippen molar-refractivity contribution >= 4 is 29.5 Å². The molecule has 0 aliphatic carbocycles. The van der Waals surface area contributed by atoms with E-state index in [1.54, 1.807) is 0 Å². The van der Waals surface area contributed by atoms with Gasteiger partial charge >= 0.3 is 5.97 Å². The minimum atomic E-state index is -0.538. The molecule has 0 aromatic heterocycles. The van der Waals surface area contributed by atoms with E-state index < -0.39 is 5.97 Å². The maximum Gasteiger partial charge on any atom is 0.350 e. The highest BCUT2D eigenvalue weighted by molar-refractivity contribution is 8.22. The third kappa shape index (κ3) is 8.00. The Hall–Kier alpha value is -2.16. The normalized spacial score (nSPS) is 11.3. The first-order valence-corrected chi connectivity index (χ1v) is 11.6. The van der Waals surface area contributed by atoms with Crippen molar-refractivity contribution < 1.29 is 9.53 Å². The van der Waals surface area contributed by atoms with Crippen LogP contribution in [0.4, 0.5) is 0 Å². The predicted molar refractivity (Wildman–Crippen MR) is 122 cm³/mol. The van der Waals surface area contributed by atoms with Crippen molar-refractivity contribution in [3.8, 4) is 6.07 Å². The van der Waals surface area contributed by atoms with Crippen LogP contribution in [0.3, 0.4) is 0 Å². The second-order valence-electron chi connectivity index (χ2n) is 6.62. The largest absolute Gasteiger partial charge is 0.461 e. The fourth-order valence-electron chi connectivity index (χ4n) is 2.65. The molecule has 2 aromatic rings. The molecule has 1 atom stereocenters. The molecular weight excluding hydrogens is 398 g/mol. The summed E-state index contributed by atoms with van der Waals surface area (Å²) in [7, 11) is 0. The molecule has 2 aromatic carbocycles. The number of nitriles is 1. The number of rotatable bonds is 11. The van der Waals surface area contributed by atoms with Crippen molar-refractivity contribution in [3.63, 3.8) is 0 Å². The van der Waals surface area contributed by atoms with Gasteiger partial charge in [-0.2, -0.15) is 5.26 Å². The Bertz CT molecular complexity index is 785. The highest BCUT2D eigenvalue weighted by Crippen LogP contribution is 2.41. The van der Waals surface area contributed by atoms with E-state index in [-0.39, 0.29) is 5.57 Å². The Morgan fingerprint density at radius 3 is 2.00 bits per heavy atom. The van der Waals surface area contributed by atoms with Gasteiger partial charge < -0.3 is 4.74 Å². The van der Waals surface area contributed by atoms with Gasteiger partial charge in [-0.05, 0) is 36.6 Å². The summed E-state index contributed by atoms with van der Waals surface area (Å²) in [5.41, 5.74) is 0.0676. The molecule has 0 saturated carbocycles. The van der Waals surface area contributed by atoms with Gasteiger partial charge in [0.25, 0.3) is 0 Å². The molecule has 0 amide bonds. The number of hydrogen-bond donors (Lipinski definition) is 0. The molecular formula is C24H27NO2S2. The maximum absolute atomic E-state index is 12.8. The molecule has 0 saturated heterocycles. The predicted octanol–water partition coefficient (Wildman–Crippen LogP) is 7.07. The molecule has 0 heterocycles. The first-order chi connectivity index (χ1) is 14.2. The summed E-state index contributed by atoms with van der Waals surface area (Å²) >= 11 is 2.84. The molecule has 1 unspecified atom stereocenters. The second kappa shape index (κ2) is 13.1. The van der Waals surface area contributed by atoms with Crippen molar-refractivity contribution in [1.82, 2.24) is 0 Å². The average Bonchev–Trinajstić information content (AvgIpc) is 2.76. The van der Waals surface area contributed by atoms with Crippen molar-refractivity contribution in [2.75, 3.05) is 6.61 Å². The summed E-state index contributed by atoms with van der Waals surface area (Å²) in [4.78, 5) is 14.7. The van der Waals surface area contributed by atoms with Crippen LogP contribution in [0, 0.1) is 17.2 Å². The van der Waals surface area contributed by atoms with Gasteiger partial charge in [0.2, 0.25) is 0 Å². The van der Waals surface area contributed by atoms with Gasteiger partial charge in [-0.15, -0.1) is 0 Å². The standard InChI is InChI=1S/C24H27NO2S2/c1-3-5-12-19(4-2)18-27-23(26)22(17-25)24(28-20-13-8-6-9-14-20)29-21-15-10-7-11-16-21/h6-11,13-16,19H,3-5,12,18H2,1-2H3. The van der Waals surface area contributed by atoms with Crippen LogP contribution in [0.1, 0.15) is 39.5 Å². The summed E-state index contributed by atoms with van der Waals surface area (Å²) in [6, 6.07) is 21.6. The van der Waals surface area contributed by atoms with Crippen LogP contribution in [0.15, 0.2) is 80.3 Å². The Kier molecular flexibility index (Phi) is 10.5. The summed E-state index contributed by atoms with van der Waals surface area (Å²) in [6.45, 7) is 4.63. The molecule has 5 heteroatoms. The molecule has 0 fully saturated rings. The van der Waals surface area contributed by atoms with Crippen LogP contribution in [-0.4, -0.2) is 12.6 Å². The lowest BCUT2D eigenvalue weighted by molar-refractivity contribution is -0.140. The van der Waals surface area contributed by atoms with Crippen LogP contribution in [0.25, 0.3) is 0 Å². The van der Waals surface area contributed by atoms with Gasteiger partial charge in [-0.1, -0.05) is 93.0 Å². The summed E-state index contributed by atoms with van der Waals surface area (Å²) in [5.74, 6) is -0.199. The monoisotopic (exact) mass is 425 g/mol. The fourth-order valence-corrected chi connectivity index (χ4v) is 4.87. The number of nitrogens with zero attached hydrogens (tertiary/aromatic N) is 1. The number of hydrogen-bond acceptors (Lipinski definition) is 5. The van der Waals surface area contributed by atoms with Gasteiger partial charge in [0, 0.05) is 9.79 Å². The number of esters is 1. The SMILES string of the molecule is CCCCC(CC)COC(=O)C(C#N)=C(Sc1ccccc1)Sc1ccccc1. The summed E-state index contributed by atoms with van der Waals surface area (Å²) < 4.78 is 6.19. The van der Waals surface area contributed by atoms with Crippen LogP contribution in [0.5, 0.6) is 0 Å². The lowest BCUT2D eigenvalue weighted by Crippen LogP contribution is -2.15. The zero-order chi connectivity index (χ0) is 20.9. The summed E-state index contributed by atoms with van der Waals surface area (Å²) in [5, 5.41) is 9.75.